The van der Waals surface area contributed by atoms with E-state index in [1.807, 2.05) is 0 Å². The minimum absolute atomic E-state index is 0. The molecule has 0 aromatic rings. The molecule has 0 heterocycles. The van der Waals surface area contributed by atoms with Crippen molar-refractivity contribution in [2.45, 2.75) is 59.1 Å². The maximum absolute atomic E-state index is 11.5. The summed E-state index contributed by atoms with van der Waals surface area (Å²) in [6.45, 7) is 8.94. The van der Waals surface area contributed by atoms with Crippen molar-refractivity contribution in [3.63, 3.8) is 0 Å². The molecule has 0 aliphatic heterocycles. The number of aliphatic hydroxyl groups excluding tert-OH is 1. The first kappa shape index (κ1) is 20.0. The molecule has 0 radical (unpaired) electrons. The van der Waals surface area contributed by atoms with Gasteiger partial charge in [-0.3, -0.25) is 4.79 Å². The van der Waals surface area contributed by atoms with E-state index in [-0.39, 0.29) is 30.8 Å². The number of rotatable bonds is 8. The van der Waals surface area contributed by atoms with Gasteiger partial charge in [-0.25, -0.2) is 0 Å². The topological polar surface area (TPSA) is 75.3 Å². The second-order valence-electron chi connectivity index (χ2n) is 5.38. The molecule has 1 unspecified atom stereocenters. The van der Waals surface area contributed by atoms with E-state index in [0.29, 0.717) is 18.4 Å². The van der Waals surface area contributed by atoms with Crippen LogP contribution in [-0.2, 0) is 4.79 Å². The number of hydrogen-bond donors (Lipinski definition) is 3. The SMILES string of the molecule is CCC(C)CNC(=O)C[C@H](O)[C@@H](N)CC(C)C.Cl. The Morgan fingerprint density at radius 2 is 1.89 bits per heavy atom. The fourth-order valence-corrected chi connectivity index (χ4v) is 1.55. The number of carbonyl (C=O) groups is 1. The van der Waals surface area contributed by atoms with Crippen molar-refractivity contribution >= 4 is 18.3 Å². The molecule has 0 aromatic heterocycles. The van der Waals surface area contributed by atoms with Gasteiger partial charge in [-0.15, -0.1) is 12.4 Å². The molecule has 0 bridgehead atoms. The Morgan fingerprint density at radius 1 is 1.33 bits per heavy atom. The number of nitrogens with two attached hydrogens (primary N) is 1. The lowest BCUT2D eigenvalue weighted by molar-refractivity contribution is -0.123. The third-order valence-electron chi connectivity index (χ3n) is 2.98. The first-order chi connectivity index (χ1) is 7.86. The van der Waals surface area contributed by atoms with Gasteiger partial charge < -0.3 is 16.2 Å². The zero-order chi connectivity index (χ0) is 13.4. The van der Waals surface area contributed by atoms with Crippen LogP contribution < -0.4 is 11.1 Å². The van der Waals surface area contributed by atoms with E-state index >= 15 is 0 Å². The number of hydrogen-bond acceptors (Lipinski definition) is 3. The molecule has 18 heavy (non-hydrogen) atoms. The lowest BCUT2D eigenvalue weighted by Crippen LogP contribution is -2.40. The summed E-state index contributed by atoms with van der Waals surface area (Å²) in [6.07, 6.45) is 1.13. The lowest BCUT2D eigenvalue weighted by Gasteiger charge is -2.20. The molecule has 110 valence electrons. The normalized spacial score (nSPS) is 15.7. The number of aliphatic hydroxyl groups is 1. The van der Waals surface area contributed by atoms with E-state index in [0.717, 1.165) is 12.8 Å². The summed E-state index contributed by atoms with van der Waals surface area (Å²) in [5.74, 6) is 0.792. The third-order valence-corrected chi connectivity index (χ3v) is 2.98. The molecule has 0 saturated carbocycles. The van der Waals surface area contributed by atoms with Crippen LogP contribution in [0.25, 0.3) is 0 Å². The Morgan fingerprint density at radius 3 is 2.33 bits per heavy atom. The predicted molar refractivity (Wildman–Crippen MR) is 77.8 cm³/mol. The van der Waals surface area contributed by atoms with Gasteiger partial charge in [0.25, 0.3) is 0 Å². The van der Waals surface area contributed by atoms with Crippen molar-refractivity contribution < 1.29 is 9.90 Å². The Hall–Kier alpha value is -0.320. The van der Waals surface area contributed by atoms with Crippen LogP contribution in [0.2, 0.25) is 0 Å². The highest BCUT2D eigenvalue weighted by atomic mass is 35.5. The third kappa shape index (κ3) is 9.68. The van der Waals surface area contributed by atoms with Crippen LogP contribution in [0.4, 0.5) is 0 Å². The van der Waals surface area contributed by atoms with E-state index in [9.17, 15) is 9.90 Å². The summed E-state index contributed by atoms with van der Waals surface area (Å²) < 4.78 is 0. The van der Waals surface area contributed by atoms with Gasteiger partial charge in [-0.05, 0) is 18.3 Å². The van der Waals surface area contributed by atoms with E-state index in [4.69, 9.17) is 5.73 Å². The Balaban J connectivity index is 0. The van der Waals surface area contributed by atoms with Gasteiger partial charge in [-0.2, -0.15) is 0 Å². The first-order valence-corrected chi connectivity index (χ1v) is 6.57. The second kappa shape index (κ2) is 10.6. The standard InChI is InChI=1S/C13H28N2O2.ClH/c1-5-10(4)8-15-13(17)7-12(16)11(14)6-9(2)3;/h9-12,16H,5-8,14H2,1-4H3,(H,15,17);1H/t10?,11-,12-;/m0./s1. The van der Waals surface area contributed by atoms with Gasteiger partial charge in [0.2, 0.25) is 5.91 Å². The highest BCUT2D eigenvalue weighted by Crippen LogP contribution is 2.08. The van der Waals surface area contributed by atoms with Gasteiger partial charge in [0, 0.05) is 12.6 Å². The molecule has 5 heteroatoms. The smallest absolute Gasteiger partial charge is 0.222 e. The summed E-state index contributed by atoms with van der Waals surface area (Å²) in [7, 11) is 0. The second-order valence-corrected chi connectivity index (χ2v) is 5.38. The van der Waals surface area contributed by atoms with Crippen LogP contribution >= 0.6 is 12.4 Å². The molecular weight excluding hydrogens is 252 g/mol. The van der Waals surface area contributed by atoms with E-state index in [1.165, 1.54) is 0 Å². The molecule has 0 fully saturated rings. The van der Waals surface area contributed by atoms with E-state index in [1.54, 1.807) is 0 Å². The quantitative estimate of drug-likeness (QED) is 0.633. The van der Waals surface area contributed by atoms with Gasteiger partial charge >= 0.3 is 0 Å². The molecule has 0 spiro atoms. The Labute approximate surface area is 117 Å². The summed E-state index contributed by atoms with van der Waals surface area (Å²) >= 11 is 0. The van der Waals surface area contributed by atoms with Crippen LogP contribution in [0.15, 0.2) is 0 Å². The van der Waals surface area contributed by atoms with Crippen molar-refractivity contribution in [1.29, 1.82) is 0 Å². The highest BCUT2D eigenvalue weighted by molar-refractivity contribution is 5.85. The Kier molecular flexibility index (Phi) is 11.8. The summed E-state index contributed by atoms with van der Waals surface area (Å²) in [4.78, 5) is 11.5. The van der Waals surface area contributed by atoms with Crippen molar-refractivity contribution in [2.24, 2.45) is 17.6 Å². The van der Waals surface area contributed by atoms with E-state index in [2.05, 4.69) is 33.0 Å². The summed E-state index contributed by atoms with van der Waals surface area (Å²) in [6, 6.07) is -0.315. The molecular formula is C13H29ClN2O2. The zero-order valence-electron chi connectivity index (χ0n) is 12.0. The number of halogens is 1. The summed E-state index contributed by atoms with van der Waals surface area (Å²) in [5.41, 5.74) is 5.82. The van der Waals surface area contributed by atoms with Crippen molar-refractivity contribution in [3.05, 3.63) is 0 Å². The van der Waals surface area contributed by atoms with Crippen molar-refractivity contribution in [1.82, 2.24) is 5.32 Å². The highest BCUT2D eigenvalue weighted by Gasteiger charge is 2.19. The van der Waals surface area contributed by atoms with Gasteiger partial charge in [0.05, 0.1) is 12.5 Å². The molecule has 3 atom stereocenters. The molecule has 0 rings (SSSR count). The number of nitrogens with one attached hydrogen (secondary N) is 1. The number of amides is 1. The minimum Gasteiger partial charge on any atom is -0.391 e. The van der Waals surface area contributed by atoms with Crippen LogP contribution in [0.5, 0.6) is 0 Å². The maximum atomic E-state index is 11.5. The van der Waals surface area contributed by atoms with Gasteiger partial charge in [0.1, 0.15) is 0 Å². The fourth-order valence-electron chi connectivity index (χ4n) is 1.55. The van der Waals surface area contributed by atoms with Gasteiger partial charge in [0.15, 0.2) is 0 Å². The average Bonchev–Trinajstić information content (AvgIpc) is 2.24. The van der Waals surface area contributed by atoms with Crippen molar-refractivity contribution in [3.8, 4) is 0 Å². The largest absolute Gasteiger partial charge is 0.391 e. The van der Waals surface area contributed by atoms with Crippen LogP contribution in [0, 0.1) is 11.8 Å². The predicted octanol–water partition coefficient (Wildman–Crippen LogP) is 1.69. The first-order valence-electron chi connectivity index (χ1n) is 6.57. The Bertz CT molecular complexity index is 225. The average molecular weight is 281 g/mol. The number of carbonyl (C=O) groups excluding carboxylic acids is 1. The van der Waals surface area contributed by atoms with Gasteiger partial charge in [-0.1, -0.05) is 34.1 Å². The molecule has 0 aliphatic carbocycles. The minimum atomic E-state index is -0.741. The van der Waals surface area contributed by atoms with Crippen LogP contribution in [0.3, 0.4) is 0 Å². The molecule has 0 aromatic carbocycles. The molecule has 4 N–H and O–H groups in total. The maximum Gasteiger partial charge on any atom is 0.222 e. The molecule has 1 amide bonds. The van der Waals surface area contributed by atoms with Crippen LogP contribution in [0.1, 0.15) is 47.0 Å². The lowest BCUT2D eigenvalue weighted by atomic mass is 9.98. The zero-order valence-corrected chi connectivity index (χ0v) is 12.8. The summed E-state index contributed by atoms with van der Waals surface area (Å²) in [5, 5.41) is 12.6. The monoisotopic (exact) mass is 280 g/mol. The molecule has 4 nitrogen and oxygen atoms in total. The van der Waals surface area contributed by atoms with Crippen molar-refractivity contribution in [2.75, 3.05) is 6.54 Å². The molecule has 0 saturated heterocycles. The fraction of sp³-hybridized carbons (Fsp3) is 0.923. The van der Waals surface area contributed by atoms with E-state index < -0.39 is 6.10 Å². The molecule has 0 aliphatic rings. The van der Waals surface area contributed by atoms with Crippen LogP contribution in [-0.4, -0.2) is 29.7 Å².